The van der Waals surface area contributed by atoms with Crippen LogP contribution < -0.4 is 0 Å². The highest BCUT2D eigenvalue weighted by molar-refractivity contribution is 6.37. The van der Waals surface area contributed by atoms with E-state index in [4.69, 9.17) is 0 Å². The molecule has 0 N–H and O–H groups in total. The minimum Gasteiger partial charge on any atom is -0.257 e. The van der Waals surface area contributed by atoms with Crippen LogP contribution in [-0.4, -0.2) is 24.3 Å². The van der Waals surface area contributed by atoms with E-state index in [0.717, 1.165) is 6.17 Å². The molecule has 5 rings (SSSR count). The maximum absolute atomic E-state index is 4.32. The zero-order chi connectivity index (χ0) is 21.6. The molecule has 4 aromatic carbocycles. The Morgan fingerprint density at radius 1 is 0.594 bits per heavy atom. The molecule has 0 bridgehead atoms. The summed E-state index contributed by atoms with van der Waals surface area (Å²) in [4.78, 5) is 4.11. The van der Waals surface area contributed by atoms with Crippen molar-refractivity contribution in [1.82, 2.24) is 14.8 Å². The molecule has 0 saturated carbocycles. The molecule has 5 aromatic rings. The highest BCUT2D eigenvalue weighted by Crippen LogP contribution is 2.29. The zero-order valence-electron chi connectivity index (χ0n) is 17.9. The van der Waals surface area contributed by atoms with Gasteiger partial charge in [-0.3, -0.25) is 4.68 Å². The van der Waals surface area contributed by atoms with Crippen molar-refractivity contribution in [1.29, 1.82) is 0 Å². The van der Waals surface area contributed by atoms with Crippen LogP contribution in [0.25, 0.3) is 22.3 Å². The summed E-state index contributed by atoms with van der Waals surface area (Å²) in [6.45, 7) is 0. The Bertz CT molecular complexity index is 1150. The fourth-order valence-electron chi connectivity index (χ4n) is 4.21. The van der Waals surface area contributed by atoms with Crippen molar-refractivity contribution >= 4 is 9.52 Å². The lowest BCUT2D eigenvalue weighted by molar-refractivity contribution is 0.730. The fraction of sp³-hybridized carbons (Fsp3) is 0.0714. The first kappa shape index (κ1) is 20.2. The van der Waals surface area contributed by atoms with Gasteiger partial charge < -0.3 is 0 Å². The SMILES string of the molecule is c1ccc(-c2ccc(C([SiH2]Cn3cncn3)c3ccc(-c4ccccc4)cc3)cc2)cc1. The molecular weight excluding hydrogens is 406 g/mol. The summed E-state index contributed by atoms with van der Waals surface area (Å²) in [7, 11) is -0.530. The molecule has 0 aliphatic rings. The third kappa shape index (κ3) is 4.61. The maximum atomic E-state index is 4.32. The average Bonchev–Trinajstić information content (AvgIpc) is 3.40. The molecule has 4 heteroatoms. The van der Waals surface area contributed by atoms with Crippen molar-refractivity contribution in [3.05, 3.63) is 133 Å². The van der Waals surface area contributed by atoms with Gasteiger partial charge in [0.2, 0.25) is 0 Å². The third-order valence-electron chi connectivity index (χ3n) is 5.95. The van der Waals surface area contributed by atoms with Crippen molar-refractivity contribution in [2.75, 3.05) is 0 Å². The van der Waals surface area contributed by atoms with Gasteiger partial charge in [0.25, 0.3) is 0 Å². The van der Waals surface area contributed by atoms with E-state index < -0.39 is 9.52 Å². The van der Waals surface area contributed by atoms with Crippen molar-refractivity contribution in [2.45, 2.75) is 11.7 Å². The summed E-state index contributed by atoms with van der Waals surface area (Å²) in [5, 5.41) is 4.32. The predicted octanol–water partition coefficient (Wildman–Crippen LogP) is 5.53. The van der Waals surface area contributed by atoms with Crippen LogP contribution in [0.2, 0.25) is 0 Å². The molecule has 0 spiro atoms. The van der Waals surface area contributed by atoms with Crippen molar-refractivity contribution in [2.24, 2.45) is 0 Å². The molecule has 0 aliphatic heterocycles. The predicted molar refractivity (Wildman–Crippen MR) is 134 cm³/mol. The molecule has 1 heterocycles. The molecule has 0 aliphatic carbocycles. The lowest BCUT2D eigenvalue weighted by Gasteiger charge is -2.19. The van der Waals surface area contributed by atoms with Gasteiger partial charge in [-0.15, -0.1) is 0 Å². The Hall–Kier alpha value is -3.76. The summed E-state index contributed by atoms with van der Waals surface area (Å²) >= 11 is 0. The van der Waals surface area contributed by atoms with Crippen molar-refractivity contribution in [3.63, 3.8) is 0 Å². The first-order valence-electron chi connectivity index (χ1n) is 11.0. The minimum atomic E-state index is -0.530. The number of hydrogen-bond acceptors (Lipinski definition) is 2. The van der Waals surface area contributed by atoms with E-state index >= 15 is 0 Å². The van der Waals surface area contributed by atoms with E-state index in [2.05, 4.69) is 119 Å². The van der Waals surface area contributed by atoms with Gasteiger partial charge in [0, 0.05) is 6.17 Å². The molecule has 0 atom stereocenters. The average molecular weight is 432 g/mol. The van der Waals surface area contributed by atoms with Gasteiger partial charge in [0.05, 0.1) is 9.52 Å². The topological polar surface area (TPSA) is 30.7 Å². The number of benzene rings is 4. The van der Waals surface area contributed by atoms with Crippen LogP contribution in [0.15, 0.2) is 122 Å². The van der Waals surface area contributed by atoms with E-state index in [1.54, 1.807) is 6.33 Å². The van der Waals surface area contributed by atoms with E-state index in [9.17, 15) is 0 Å². The normalized spacial score (nSPS) is 11.4. The number of nitrogens with zero attached hydrogens (tertiary/aromatic N) is 3. The smallest absolute Gasteiger partial charge is 0.137 e. The van der Waals surface area contributed by atoms with E-state index in [-0.39, 0.29) is 0 Å². The van der Waals surface area contributed by atoms with Crippen LogP contribution in [0, 0.1) is 0 Å². The van der Waals surface area contributed by atoms with Crippen LogP contribution in [0.3, 0.4) is 0 Å². The molecule has 0 fully saturated rings. The maximum Gasteiger partial charge on any atom is 0.137 e. The lowest BCUT2D eigenvalue weighted by atomic mass is 9.98. The first-order valence-corrected chi connectivity index (χ1v) is 12.8. The Kier molecular flexibility index (Phi) is 6.04. The van der Waals surface area contributed by atoms with Gasteiger partial charge in [0.15, 0.2) is 0 Å². The monoisotopic (exact) mass is 431 g/mol. The number of rotatable bonds is 7. The van der Waals surface area contributed by atoms with Crippen molar-refractivity contribution in [3.8, 4) is 22.3 Å². The zero-order valence-corrected chi connectivity index (χ0v) is 19.3. The summed E-state index contributed by atoms with van der Waals surface area (Å²) in [5.41, 5.74) is 8.20. The van der Waals surface area contributed by atoms with Gasteiger partial charge in [-0.2, -0.15) is 5.10 Å². The second-order valence-electron chi connectivity index (χ2n) is 7.98. The summed E-state index contributed by atoms with van der Waals surface area (Å²) in [6.07, 6.45) is 4.40. The standard InChI is InChI=1S/C28H25N3Si/c1-3-7-22(8-4-1)24-11-15-26(16-12-24)28(32-21-31-20-29-19-30-31)27-17-13-25(14-18-27)23-9-5-2-6-10-23/h1-20,28H,21,32H2. The lowest BCUT2D eigenvalue weighted by Crippen LogP contribution is -2.17. The highest BCUT2D eigenvalue weighted by atomic mass is 28.2. The van der Waals surface area contributed by atoms with Crippen LogP contribution in [0.1, 0.15) is 16.7 Å². The second-order valence-corrected chi connectivity index (χ2v) is 9.82. The van der Waals surface area contributed by atoms with Crippen LogP contribution in [0.5, 0.6) is 0 Å². The summed E-state index contributed by atoms with van der Waals surface area (Å²) in [5.74, 6) is 0. The first-order chi connectivity index (χ1) is 15.9. The van der Waals surface area contributed by atoms with Gasteiger partial charge in [-0.05, 0) is 38.9 Å². The van der Waals surface area contributed by atoms with E-state index in [0.29, 0.717) is 5.54 Å². The van der Waals surface area contributed by atoms with E-state index in [1.165, 1.54) is 33.4 Å². The van der Waals surface area contributed by atoms with Gasteiger partial charge in [-0.25, -0.2) is 4.98 Å². The molecule has 0 amide bonds. The Balaban J connectivity index is 1.44. The van der Waals surface area contributed by atoms with Crippen LogP contribution in [-0.2, 0) is 6.17 Å². The molecule has 0 saturated heterocycles. The Labute approximate surface area is 191 Å². The molecule has 1 aromatic heterocycles. The Morgan fingerprint density at radius 2 is 1.06 bits per heavy atom. The third-order valence-corrected chi connectivity index (χ3v) is 8.19. The minimum absolute atomic E-state index is 0.425. The fourth-order valence-corrected chi connectivity index (χ4v) is 6.18. The Morgan fingerprint density at radius 3 is 1.50 bits per heavy atom. The summed E-state index contributed by atoms with van der Waals surface area (Å²) in [6, 6.07) is 39.3. The molecule has 156 valence electrons. The molecule has 0 unspecified atom stereocenters. The van der Waals surface area contributed by atoms with E-state index in [1.807, 2.05) is 11.0 Å². The largest absolute Gasteiger partial charge is 0.257 e. The molecule has 3 nitrogen and oxygen atoms in total. The van der Waals surface area contributed by atoms with Crippen LogP contribution in [0.4, 0.5) is 0 Å². The quantitative estimate of drug-likeness (QED) is 0.317. The number of aromatic nitrogens is 3. The van der Waals surface area contributed by atoms with Crippen LogP contribution >= 0.6 is 0 Å². The summed E-state index contributed by atoms with van der Waals surface area (Å²) < 4.78 is 1.97. The van der Waals surface area contributed by atoms with Crippen molar-refractivity contribution < 1.29 is 0 Å². The molecule has 32 heavy (non-hydrogen) atoms. The highest BCUT2D eigenvalue weighted by Gasteiger charge is 2.16. The molecule has 0 radical (unpaired) electrons. The van der Waals surface area contributed by atoms with Gasteiger partial charge in [0.1, 0.15) is 12.7 Å². The van der Waals surface area contributed by atoms with Gasteiger partial charge in [-0.1, -0.05) is 109 Å². The second kappa shape index (κ2) is 9.58. The van der Waals surface area contributed by atoms with Gasteiger partial charge >= 0.3 is 0 Å². The number of hydrogen-bond donors (Lipinski definition) is 0. The molecular formula is C28H25N3Si.